The van der Waals surface area contributed by atoms with Gasteiger partial charge in [-0.05, 0) is 18.2 Å². The van der Waals surface area contributed by atoms with Gasteiger partial charge in [0.25, 0.3) is 0 Å². The second-order valence-electron chi connectivity index (χ2n) is 4.29. The van der Waals surface area contributed by atoms with Crippen molar-refractivity contribution in [2.75, 3.05) is 7.05 Å². The highest BCUT2D eigenvalue weighted by atomic mass is 35.5. The van der Waals surface area contributed by atoms with E-state index in [0.717, 1.165) is 10.4 Å². The first kappa shape index (κ1) is 15.8. The molecular weight excluding hydrogens is 322 g/mol. The van der Waals surface area contributed by atoms with Crippen molar-refractivity contribution in [2.45, 2.75) is 11.4 Å². The van der Waals surface area contributed by atoms with Crippen LogP contribution in [-0.2, 0) is 16.6 Å². The predicted molar refractivity (Wildman–Crippen MR) is 74.3 cm³/mol. The summed E-state index contributed by atoms with van der Waals surface area (Å²) >= 11 is 5.77. The third-order valence-electron chi connectivity index (χ3n) is 2.82. The van der Waals surface area contributed by atoms with Gasteiger partial charge < -0.3 is 0 Å². The van der Waals surface area contributed by atoms with Crippen LogP contribution in [0.3, 0.4) is 0 Å². The van der Waals surface area contributed by atoms with Gasteiger partial charge in [0, 0.05) is 31.4 Å². The van der Waals surface area contributed by atoms with Crippen LogP contribution in [0.25, 0.3) is 0 Å². The average molecular weight is 333 g/mol. The molecule has 0 atom stereocenters. The highest BCUT2D eigenvalue weighted by Crippen LogP contribution is 2.23. The maximum absolute atomic E-state index is 13.6. The maximum Gasteiger partial charge on any atom is 0.246 e. The Morgan fingerprint density at radius 3 is 2.62 bits per heavy atom. The first-order valence-corrected chi connectivity index (χ1v) is 7.65. The van der Waals surface area contributed by atoms with Crippen LogP contribution in [0.1, 0.15) is 5.56 Å². The van der Waals surface area contributed by atoms with Crippen LogP contribution in [0.2, 0.25) is 5.15 Å². The Labute approximate surface area is 126 Å². The minimum Gasteiger partial charge on any atom is -0.243 e. The molecule has 1 aromatic heterocycles. The summed E-state index contributed by atoms with van der Waals surface area (Å²) in [5, 5.41) is -0.163. The lowest BCUT2D eigenvalue weighted by Crippen LogP contribution is -2.27. The topological polar surface area (TPSA) is 50.3 Å². The first-order chi connectivity index (χ1) is 9.82. The molecule has 0 fully saturated rings. The van der Waals surface area contributed by atoms with Crippen LogP contribution < -0.4 is 0 Å². The summed E-state index contributed by atoms with van der Waals surface area (Å²) in [6, 6.07) is 5.71. The summed E-state index contributed by atoms with van der Waals surface area (Å²) in [4.78, 5) is 3.53. The number of hydrogen-bond donors (Lipinski definition) is 0. The normalized spacial score (nSPS) is 11.9. The number of aromatic nitrogens is 1. The van der Waals surface area contributed by atoms with Gasteiger partial charge in [-0.25, -0.2) is 22.2 Å². The van der Waals surface area contributed by atoms with Crippen LogP contribution in [0.5, 0.6) is 0 Å². The van der Waals surface area contributed by atoms with E-state index in [9.17, 15) is 17.2 Å². The maximum atomic E-state index is 13.6. The van der Waals surface area contributed by atoms with Crippen molar-refractivity contribution in [3.8, 4) is 0 Å². The monoisotopic (exact) mass is 332 g/mol. The number of halogens is 3. The fraction of sp³-hybridized carbons (Fsp3) is 0.154. The Hall–Kier alpha value is -1.57. The second kappa shape index (κ2) is 6.05. The smallest absolute Gasteiger partial charge is 0.243 e. The minimum atomic E-state index is -3.92. The van der Waals surface area contributed by atoms with Crippen LogP contribution in [0, 0.1) is 11.6 Å². The molecule has 1 heterocycles. The van der Waals surface area contributed by atoms with Crippen LogP contribution in [-0.4, -0.2) is 24.8 Å². The molecule has 2 aromatic rings. The van der Waals surface area contributed by atoms with E-state index in [-0.39, 0.29) is 22.2 Å². The molecule has 0 aliphatic carbocycles. The van der Waals surface area contributed by atoms with Crippen molar-refractivity contribution < 1.29 is 17.2 Å². The molecule has 0 N–H and O–H groups in total. The molecular formula is C13H11ClF2N2O2S. The van der Waals surface area contributed by atoms with E-state index in [0.29, 0.717) is 6.07 Å². The predicted octanol–water partition coefficient (Wildman–Crippen LogP) is 2.83. The van der Waals surface area contributed by atoms with E-state index in [2.05, 4.69) is 4.98 Å². The summed E-state index contributed by atoms with van der Waals surface area (Å²) in [6.45, 7) is -0.250. The molecule has 1 aromatic carbocycles. The van der Waals surface area contributed by atoms with E-state index in [4.69, 9.17) is 11.6 Å². The van der Waals surface area contributed by atoms with Crippen molar-refractivity contribution >= 4 is 21.6 Å². The fourth-order valence-corrected chi connectivity index (χ4v) is 3.28. The Balaban J connectivity index is 2.31. The number of hydrogen-bond acceptors (Lipinski definition) is 3. The van der Waals surface area contributed by atoms with Gasteiger partial charge in [0.15, 0.2) is 0 Å². The summed E-state index contributed by atoms with van der Waals surface area (Å²) in [7, 11) is -2.64. The Morgan fingerprint density at radius 1 is 1.29 bits per heavy atom. The highest BCUT2D eigenvalue weighted by molar-refractivity contribution is 7.89. The molecule has 2 rings (SSSR count). The fourth-order valence-electron chi connectivity index (χ4n) is 1.71. The Bertz CT molecular complexity index is 769. The molecule has 0 spiro atoms. The molecule has 0 saturated carbocycles. The van der Waals surface area contributed by atoms with E-state index in [1.165, 1.54) is 31.4 Å². The van der Waals surface area contributed by atoms with Gasteiger partial charge in [0.05, 0.1) is 0 Å². The van der Waals surface area contributed by atoms with Crippen molar-refractivity contribution in [3.05, 3.63) is 58.9 Å². The highest BCUT2D eigenvalue weighted by Gasteiger charge is 2.24. The van der Waals surface area contributed by atoms with Gasteiger partial charge in [-0.3, -0.25) is 0 Å². The molecule has 0 radical (unpaired) electrons. The van der Waals surface area contributed by atoms with E-state index >= 15 is 0 Å². The van der Waals surface area contributed by atoms with E-state index in [1.54, 1.807) is 0 Å². The quantitative estimate of drug-likeness (QED) is 0.809. The molecule has 0 unspecified atom stereocenters. The zero-order valence-corrected chi connectivity index (χ0v) is 12.5. The number of rotatable bonds is 4. The lowest BCUT2D eigenvalue weighted by molar-refractivity contribution is 0.454. The van der Waals surface area contributed by atoms with E-state index < -0.39 is 21.7 Å². The van der Waals surface area contributed by atoms with Gasteiger partial charge in [-0.1, -0.05) is 17.7 Å². The van der Waals surface area contributed by atoms with Gasteiger partial charge in [0.2, 0.25) is 10.0 Å². The minimum absolute atomic E-state index is 0.0579. The van der Waals surface area contributed by atoms with Crippen molar-refractivity contribution in [1.82, 2.24) is 9.29 Å². The van der Waals surface area contributed by atoms with Crippen molar-refractivity contribution in [3.63, 3.8) is 0 Å². The van der Waals surface area contributed by atoms with Gasteiger partial charge >= 0.3 is 0 Å². The summed E-state index contributed by atoms with van der Waals surface area (Å²) in [5.74, 6) is -1.54. The van der Waals surface area contributed by atoms with E-state index in [1.807, 2.05) is 0 Å². The summed E-state index contributed by atoms with van der Waals surface area (Å²) in [5.41, 5.74) is 0.0579. The first-order valence-electron chi connectivity index (χ1n) is 5.83. The molecule has 0 aliphatic heterocycles. The zero-order chi connectivity index (χ0) is 15.6. The summed E-state index contributed by atoms with van der Waals surface area (Å²) in [6.07, 6.45) is 1.36. The third kappa shape index (κ3) is 3.37. The van der Waals surface area contributed by atoms with Gasteiger partial charge in [-0.15, -0.1) is 0 Å². The second-order valence-corrected chi connectivity index (χ2v) is 6.66. The SMILES string of the molecule is CN(Cc1ccc(F)cc1F)S(=O)(=O)c1cccnc1Cl. The molecule has 0 aliphatic rings. The van der Waals surface area contributed by atoms with Gasteiger partial charge in [-0.2, -0.15) is 4.31 Å². The van der Waals surface area contributed by atoms with Crippen molar-refractivity contribution in [1.29, 1.82) is 0 Å². The lowest BCUT2D eigenvalue weighted by atomic mass is 10.2. The average Bonchev–Trinajstić information content (AvgIpc) is 2.42. The lowest BCUT2D eigenvalue weighted by Gasteiger charge is -2.18. The largest absolute Gasteiger partial charge is 0.246 e. The standard InChI is InChI=1S/C13H11ClF2N2O2S/c1-18(8-9-4-5-10(15)7-11(9)16)21(19,20)12-3-2-6-17-13(12)14/h2-7H,8H2,1H3. The van der Waals surface area contributed by atoms with Crippen LogP contribution >= 0.6 is 11.6 Å². The number of benzene rings is 1. The number of nitrogens with zero attached hydrogens (tertiary/aromatic N) is 2. The Morgan fingerprint density at radius 2 is 2.00 bits per heavy atom. The molecule has 112 valence electrons. The molecule has 21 heavy (non-hydrogen) atoms. The molecule has 0 amide bonds. The summed E-state index contributed by atoms with van der Waals surface area (Å²) < 4.78 is 52.0. The number of sulfonamides is 1. The molecule has 0 saturated heterocycles. The Kier molecular flexibility index (Phi) is 4.55. The number of pyridine rings is 1. The van der Waals surface area contributed by atoms with Gasteiger partial charge in [0.1, 0.15) is 21.7 Å². The molecule has 8 heteroatoms. The molecule has 4 nitrogen and oxygen atoms in total. The van der Waals surface area contributed by atoms with Crippen molar-refractivity contribution in [2.24, 2.45) is 0 Å². The zero-order valence-electron chi connectivity index (χ0n) is 10.9. The van der Waals surface area contributed by atoms with Crippen LogP contribution in [0.15, 0.2) is 41.4 Å². The molecule has 0 bridgehead atoms. The third-order valence-corrected chi connectivity index (χ3v) is 5.07. The van der Waals surface area contributed by atoms with Crippen LogP contribution in [0.4, 0.5) is 8.78 Å².